The zero-order chi connectivity index (χ0) is 17.9. The molecule has 4 rings (SSSR count). The summed E-state index contributed by atoms with van der Waals surface area (Å²) < 4.78 is 5.03. The average molecular weight is 344 g/mol. The number of hydrogen-bond donors (Lipinski definition) is 2. The number of hydrogen-bond acceptors (Lipinski definition) is 4. The summed E-state index contributed by atoms with van der Waals surface area (Å²) >= 11 is 0. The summed E-state index contributed by atoms with van der Waals surface area (Å²) in [6.45, 7) is 4.40. The Morgan fingerprint density at radius 3 is 2.76 bits per heavy atom. The molecule has 3 amide bonds. The molecule has 4 atom stereocenters. The summed E-state index contributed by atoms with van der Waals surface area (Å²) in [7, 11) is 1.53. The lowest BCUT2D eigenvalue weighted by Crippen LogP contribution is -2.98. The van der Waals surface area contributed by atoms with Gasteiger partial charge in [0.15, 0.2) is 0 Å². The smallest absolute Gasteiger partial charge is 0.291 e. The number of carbonyl (C=O) groups excluding carboxylic acids is 3. The normalized spacial score (nSPS) is 33.2. The molecular formula is C18H22N3O4+. The maximum absolute atomic E-state index is 13.1. The molecule has 132 valence electrons. The van der Waals surface area contributed by atoms with E-state index in [1.54, 1.807) is 0 Å². The van der Waals surface area contributed by atoms with Crippen LogP contribution in [0.3, 0.4) is 0 Å². The summed E-state index contributed by atoms with van der Waals surface area (Å²) in [5.74, 6) is -1.82. The SMILES string of the molecule is COCCN1C(=O)[C@H]2[C@@H](C1=O)[C@]1([NH2+][C@@H]2C)C(=O)Nc2ccc(C)cc21. The zero-order valence-electron chi connectivity index (χ0n) is 14.5. The van der Waals surface area contributed by atoms with Gasteiger partial charge in [0, 0.05) is 12.7 Å². The Morgan fingerprint density at radius 2 is 2.04 bits per heavy atom. The van der Waals surface area contributed by atoms with Gasteiger partial charge < -0.3 is 15.4 Å². The molecule has 25 heavy (non-hydrogen) atoms. The number of nitrogens with one attached hydrogen (secondary N) is 1. The van der Waals surface area contributed by atoms with Crippen LogP contribution in [-0.2, 0) is 24.7 Å². The lowest BCUT2D eigenvalue weighted by atomic mass is 9.76. The summed E-state index contributed by atoms with van der Waals surface area (Å²) in [5.41, 5.74) is 1.51. The fraction of sp³-hybridized carbons (Fsp3) is 0.500. The number of carbonyl (C=O) groups is 3. The Bertz CT molecular complexity index is 793. The molecule has 0 bridgehead atoms. The second-order valence-electron chi connectivity index (χ2n) is 7.22. The number of nitrogens with two attached hydrogens (primary N) is 1. The Balaban J connectivity index is 1.83. The van der Waals surface area contributed by atoms with Gasteiger partial charge in [-0.3, -0.25) is 19.3 Å². The fourth-order valence-electron chi connectivity index (χ4n) is 4.72. The molecular weight excluding hydrogens is 322 g/mol. The number of quaternary nitrogens is 1. The predicted molar refractivity (Wildman–Crippen MR) is 88.5 cm³/mol. The van der Waals surface area contributed by atoms with E-state index in [4.69, 9.17) is 4.74 Å². The molecule has 1 spiro atoms. The van der Waals surface area contributed by atoms with Crippen molar-refractivity contribution in [3.8, 4) is 0 Å². The van der Waals surface area contributed by atoms with Crippen molar-refractivity contribution in [1.29, 1.82) is 0 Å². The Kier molecular flexibility index (Phi) is 3.49. The van der Waals surface area contributed by atoms with Gasteiger partial charge in [-0.05, 0) is 26.0 Å². The maximum atomic E-state index is 13.1. The minimum atomic E-state index is -1.06. The standard InChI is InChI=1S/C18H21N3O4/c1-9-4-5-12-11(8-9)18(17(24)19-12)14-13(10(2)20-18)15(22)21(16(14)23)6-7-25-3/h4-5,8,10,13-14,20H,6-7H2,1-3H3,(H,19,24)/p+1/t10-,13-,14+,18+/m1/s1. The van der Waals surface area contributed by atoms with Crippen LogP contribution in [0, 0.1) is 18.8 Å². The monoisotopic (exact) mass is 344 g/mol. The third-order valence-electron chi connectivity index (χ3n) is 5.79. The van der Waals surface area contributed by atoms with Gasteiger partial charge in [0.1, 0.15) is 11.8 Å². The van der Waals surface area contributed by atoms with Crippen molar-refractivity contribution in [3.05, 3.63) is 29.3 Å². The summed E-state index contributed by atoms with van der Waals surface area (Å²) in [4.78, 5) is 40.2. The number of fused-ring (bicyclic) bond motifs is 4. The van der Waals surface area contributed by atoms with E-state index >= 15 is 0 Å². The number of anilines is 1. The molecule has 2 fully saturated rings. The van der Waals surface area contributed by atoms with Crippen LogP contribution in [0.4, 0.5) is 5.69 Å². The first-order chi connectivity index (χ1) is 11.9. The van der Waals surface area contributed by atoms with Crippen molar-refractivity contribution in [3.63, 3.8) is 0 Å². The van der Waals surface area contributed by atoms with Crippen molar-refractivity contribution in [2.24, 2.45) is 11.8 Å². The number of imide groups is 1. The van der Waals surface area contributed by atoms with Crippen molar-refractivity contribution < 1.29 is 24.4 Å². The van der Waals surface area contributed by atoms with Crippen LogP contribution in [0.2, 0.25) is 0 Å². The Morgan fingerprint density at radius 1 is 1.28 bits per heavy atom. The molecule has 3 aliphatic heterocycles. The van der Waals surface area contributed by atoms with E-state index in [2.05, 4.69) is 5.32 Å². The molecule has 3 N–H and O–H groups in total. The number of aryl methyl sites for hydroxylation is 1. The van der Waals surface area contributed by atoms with Gasteiger partial charge in [-0.25, -0.2) is 0 Å². The van der Waals surface area contributed by atoms with E-state index in [9.17, 15) is 14.4 Å². The van der Waals surface area contributed by atoms with E-state index in [-0.39, 0.29) is 30.3 Å². The first-order valence-electron chi connectivity index (χ1n) is 8.54. The van der Waals surface area contributed by atoms with Crippen LogP contribution in [0.5, 0.6) is 0 Å². The molecule has 0 saturated carbocycles. The molecule has 0 radical (unpaired) electrons. The first-order valence-corrected chi connectivity index (χ1v) is 8.54. The highest BCUT2D eigenvalue weighted by molar-refractivity contribution is 6.13. The van der Waals surface area contributed by atoms with E-state index in [1.165, 1.54) is 12.0 Å². The number of amides is 3. The molecule has 0 aromatic heterocycles. The van der Waals surface area contributed by atoms with Gasteiger partial charge in [-0.1, -0.05) is 11.6 Å². The van der Waals surface area contributed by atoms with Crippen molar-refractivity contribution in [1.82, 2.24) is 4.90 Å². The van der Waals surface area contributed by atoms with E-state index in [1.807, 2.05) is 37.4 Å². The molecule has 0 aliphatic carbocycles. The quantitative estimate of drug-likeness (QED) is 0.713. The van der Waals surface area contributed by atoms with Crippen LogP contribution in [0.25, 0.3) is 0 Å². The highest BCUT2D eigenvalue weighted by Gasteiger charge is 2.73. The minimum absolute atomic E-state index is 0.147. The highest BCUT2D eigenvalue weighted by atomic mass is 16.5. The molecule has 3 heterocycles. The molecule has 1 aromatic carbocycles. The van der Waals surface area contributed by atoms with Gasteiger partial charge in [0.2, 0.25) is 17.4 Å². The zero-order valence-corrected chi connectivity index (χ0v) is 14.5. The van der Waals surface area contributed by atoms with Crippen molar-refractivity contribution in [2.75, 3.05) is 25.6 Å². The van der Waals surface area contributed by atoms with Crippen LogP contribution in [-0.4, -0.2) is 48.9 Å². The minimum Gasteiger partial charge on any atom is -0.383 e. The highest BCUT2D eigenvalue weighted by Crippen LogP contribution is 2.48. The number of benzene rings is 1. The van der Waals surface area contributed by atoms with E-state index < -0.39 is 17.4 Å². The topological polar surface area (TPSA) is 92.3 Å². The van der Waals surface area contributed by atoms with Gasteiger partial charge in [-0.2, -0.15) is 0 Å². The third kappa shape index (κ3) is 1.96. The maximum Gasteiger partial charge on any atom is 0.291 e. The average Bonchev–Trinajstić information content (AvgIpc) is 3.12. The first kappa shape index (κ1) is 16.2. The summed E-state index contributed by atoms with van der Waals surface area (Å²) in [6.07, 6.45) is 0. The van der Waals surface area contributed by atoms with Gasteiger partial charge in [-0.15, -0.1) is 0 Å². The van der Waals surface area contributed by atoms with E-state index in [0.717, 1.165) is 16.8 Å². The van der Waals surface area contributed by atoms with Crippen molar-refractivity contribution in [2.45, 2.75) is 25.4 Å². The van der Waals surface area contributed by atoms with Gasteiger partial charge in [0.05, 0.1) is 24.9 Å². The Labute approximate surface area is 145 Å². The second-order valence-corrected chi connectivity index (χ2v) is 7.22. The molecule has 7 nitrogen and oxygen atoms in total. The molecule has 1 aromatic rings. The number of ether oxygens (including phenoxy) is 1. The number of nitrogens with zero attached hydrogens (tertiary/aromatic N) is 1. The number of methoxy groups -OCH3 is 1. The number of likely N-dealkylation sites (tertiary alicyclic amines) is 1. The lowest BCUT2D eigenvalue weighted by Gasteiger charge is -2.26. The summed E-state index contributed by atoms with van der Waals surface area (Å²) in [5, 5.41) is 4.82. The molecule has 7 heteroatoms. The van der Waals surface area contributed by atoms with Crippen LogP contribution < -0.4 is 10.6 Å². The van der Waals surface area contributed by atoms with Crippen LogP contribution >= 0.6 is 0 Å². The molecule has 2 saturated heterocycles. The second kappa shape index (κ2) is 5.37. The van der Waals surface area contributed by atoms with E-state index in [0.29, 0.717) is 6.61 Å². The molecule has 3 aliphatic rings. The Hall–Kier alpha value is -2.25. The van der Waals surface area contributed by atoms with Gasteiger partial charge >= 0.3 is 0 Å². The van der Waals surface area contributed by atoms with Crippen molar-refractivity contribution >= 4 is 23.4 Å². The largest absolute Gasteiger partial charge is 0.383 e. The summed E-state index contributed by atoms with van der Waals surface area (Å²) in [6, 6.07) is 5.60. The van der Waals surface area contributed by atoms with Crippen LogP contribution in [0.1, 0.15) is 18.1 Å². The molecule has 0 unspecified atom stereocenters. The fourth-order valence-corrected chi connectivity index (χ4v) is 4.72. The number of rotatable bonds is 3. The predicted octanol–water partition coefficient (Wildman–Crippen LogP) is -0.644. The lowest BCUT2D eigenvalue weighted by molar-refractivity contribution is -0.730. The van der Waals surface area contributed by atoms with Crippen LogP contribution in [0.15, 0.2) is 18.2 Å². The van der Waals surface area contributed by atoms with Gasteiger partial charge in [0.25, 0.3) is 5.91 Å². The third-order valence-corrected chi connectivity index (χ3v) is 5.79.